The number of likely N-dealkylation sites (N-methyl/N-ethyl adjacent to an activating group) is 1. The van der Waals surface area contributed by atoms with Crippen molar-refractivity contribution < 1.29 is 28.2 Å². The number of amides is 2. The van der Waals surface area contributed by atoms with Gasteiger partial charge in [-0.1, -0.05) is 6.07 Å². The Bertz CT molecular complexity index is 1040. The molecule has 0 fully saturated rings. The van der Waals surface area contributed by atoms with E-state index in [1.165, 1.54) is 18.0 Å². The van der Waals surface area contributed by atoms with Crippen molar-refractivity contribution in [2.24, 2.45) is 0 Å². The highest BCUT2D eigenvalue weighted by Gasteiger charge is 2.26. The number of carbonyl (C=O) groups is 2. The predicted molar refractivity (Wildman–Crippen MR) is 102 cm³/mol. The first-order chi connectivity index (χ1) is 14.3. The van der Waals surface area contributed by atoms with Crippen molar-refractivity contribution in [3.05, 3.63) is 63.1 Å². The van der Waals surface area contributed by atoms with Gasteiger partial charge in [0.2, 0.25) is 5.43 Å². The van der Waals surface area contributed by atoms with Crippen LogP contribution in [0.3, 0.4) is 0 Å². The molecule has 0 atom stereocenters. The summed E-state index contributed by atoms with van der Waals surface area (Å²) in [4.78, 5) is 38.9. The molecule has 30 heavy (non-hydrogen) atoms. The number of rotatable bonds is 3. The number of halogens is 2. The van der Waals surface area contributed by atoms with Crippen LogP contribution in [0.2, 0.25) is 0 Å². The van der Waals surface area contributed by atoms with Crippen molar-refractivity contribution in [3.8, 4) is 5.75 Å². The Kier molecular flexibility index (Phi) is 6.31. The summed E-state index contributed by atoms with van der Waals surface area (Å²) in [5.41, 5.74) is 0.995. The van der Waals surface area contributed by atoms with Gasteiger partial charge in [0, 0.05) is 38.0 Å². The second kappa shape index (κ2) is 8.91. The van der Waals surface area contributed by atoms with Gasteiger partial charge in [0.25, 0.3) is 11.8 Å². The standard InChI is InChI=1S/C19H20F2N4O5/c1-24-5-7-30-6-4-23-25-10-13(16(26)17(27)15(25)19(24)29)18(28)22-9-11-2-3-12(20)8-14(11)21/h2-3,8,10,23,27H,4-7,9H2,1H3,(H,22,28). The van der Waals surface area contributed by atoms with Gasteiger partial charge in [-0.2, -0.15) is 0 Å². The van der Waals surface area contributed by atoms with E-state index in [-0.39, 0.29) is 37.5 Å². The summed E-state index contributed by atoms with van der Waals surface area (Å²) in [6.07, 6.45) is 1.08. The van der Waals surface area contributed by atoms with E-state index in [0.29, 0.717) is 12.7 Å². The maximum Gasteiger partial charge on any atom is 0.276 e. The molecule has 0 unspecified atom stereocenters. The van der Waals surface area contributed by atoms with E-state index in [9.17, 15) is 28.3 Å². The average molecular weight is 422 g/mol. The molecule has 3 rings (SSSR count). The molecular formula is C19H20F2N4O5. The molecule has 1 aromatic carbocycles. The highest BCUT2D eigenvalue weighted by molar-refractivity contribution is 5.98. The van der Waals surface area contributed by atoms with E-state index in [1.54, 1.807) is 0 Å². The SMILES string of the molecule is CN1CCOCCNn2cc(C(=O)NCc3ccc(F)cc3F)c(=O)c(O)c2C1=O. The van der Waals surface area contributed by atoms with Gasteiger partial charge in [0.05, 0.1) is 19.8 Å². The molecule has 2 amide bonds. The highest BCUT2D eigenvalue weighted by Crippen LogP contribution is 2.16. The van der Waals surface area contributed by atoms with Gasteiger partial charge in [-0.05, 0) is 6.07 Å². The molecule has 1 aliphatic rings. The number of aromatic nitrogens is 1. The second-order valence-corrected chi connectivity index (χ2v) is 6.60. The maximum atomic E-state index is 13.7. The number of hydrogen-bond acceptors (Lipinski definition) is 6. The molecule has 0 bridgehead atoms. The molecule has 2 heterocycles. The van der Waals surface area contributed by atoms with Crippen molar-refractivity contribution in [1.82, 2.24) is 14.9 Å². The van der Waals surface area contributed by atoms with Gasteiger partial charge in [-0.15, -0.1) is 0 Å². The van der Waals surface area contributed by atoms with Crippen LogP contribution in [0.15, 0.2) is 29.2 Å². The van der Waals surface area contributed by atoms with Gasteiger partial charge in [0.15, 0.2) is 11.4 Å². The van der Waals surface area contributed by atoms with Crippen LogP contribution in [0.25, 0.3) is 0 Å². The van der Waals surface area contributed by atoms with Gasteiger partial charge in [0.1, 0.15) is 17.2 Å². The summed E-state index contributed by atoms with van der Waals surface area (Å²) >= 11 is 0. The van der Waals surface area contributed by atoms with Crippen molar-refractivity contribution in [2.45, 2.75) is 6.54 Å². The average Bonchev–Trinajstić information content (AvgIpc) is 2.71. The number of aromatic hydroxyl groups is 1. The lowest BCUT2D eigenvalue weighted by molar-refractivity contribution is 0.0677. The monoisotopic (exact) mass is 422 g/mol. The summed E-state index contributed by atoms with van der Waals surface area (Å²) in [7, 11) is 1.49. The Balaban J connectivity index is 1.91. The van der Waals surface area contributed by atoms with Crippen molar-refractivity contribution in [3.63, 3.8) is 0 Å². The summed E-state index contributed by atoms with van der Waals surface area (Å²) in [5.74, 6) is -4.03. The topological polar surface area (TPSA) is 113 Å². The van der Waals surface area contributed by atoms with Crippen molar-refractivity contribution in [2.75, 3.05) is 38.8 Å². The zero-order valence-corrected chi connectivity index (χ0v) is 16.1. The van der Waals surface area contributed by atoms with Crippen LogP contribution >= 0.6 is 0 Å². The quantitative estimate of drug-likeness (QED) is 0.661. The lowest BCUT2D eigenvalue weighted by atomic mass is 10.1. The Morgan fingerprint density at radius 1 is 1.30 bits per heavy atom. The van der Waals surface area contributed by atoms with Crippen LogP contribution in [0.5, 0.6) is 5.75 Å². The van der Waals surface area contributed by atoms with E-state index in [2.05, 4.69) is 10.7 Å². The Hall–Kier alpha value is -3.47. The fourth-order valence-electron chi connectivity index (χ4n) is 2.85. The number of fused-ring (bicyclic) bond motifs is 1. The molecule has 9 nitrogen and oxygen atoms in total. The number of pyridine rings is 1. The first-order valence-corrected chi connectivity index (χ1v) is 9.07. The summed E-state index contributed by atoms with van der Waals surface area (Å²) < 4.78 is 33.2. The van der Waals surface area contributed by atoms with Gasteiger partial charge in [-0.25, -0.2) is 8.78 Å². The van der Waals surface area contributed by atoms with Gasteiger partial charge < -0.3 is 25.5 Å². The normalized spacial score (nSPS) is 14.6. The van der Waals surface area contributed by atoms with Crippen LogP contribution in [-0.4, -0.2) is 59.8 Å². The third-order valence-corrected chi connectivity index (χ3v) is 4.53. The Morgan fingerprint density at radius 2 is 2.07 bits per heavy atom. The molecule has 2 aromatic rings. The smallest absolute Gasteiger partial charge is 0.276 e. The lowest BCUT2D eigenvalue weighted by Crippen LogP contribution is -2.39. The fraction of sp³-hybridized carbons (Fsp3) is 0.316. The minimum Gasteiger partial charge on any atom is -0.502 e. The first-order valence-electron chi connectivity index (χ1n) is 9.07. The molecule has 0 radical (unpaired) electrons. The second-order valence-electron chi connectivity index (χ2n) is 6.60. The summed E-state index contributed by atoms with van der Waals surface area (Å²) in [6, 6.07) is 2.88. The molecule has 1 aromatic heterocycles. The molecule has 1 aliphatic heterocycles. The molecule has 0 saturated carbocycles. The Morgan fingerprint density at radius 3 is 2.80 bits per heavy atom. The summed E-state index contributed by atoms with van der Waals surface area (Å²) in [5, 5.41) is 12.7. The number of hydrogen-bond donors (Lipinski definition) is 3. The molecule has 0 spiro atoms. The van der Waals surface area contributed by atoms with Gasteiger partial charge >= 0.3 is 0 Å². The van der Waals surface area contributed by atoms with Crippen molar-refractivity contribution in [1.29, 1.82) is 0 Å². The third kappa shape index (κ3) is 4.40. The van der Waals surface area contributed by atoms with Crippen LogP contribution in [0.1, 0.15) is 26.4 Å². The van der Waals surface area contributed by atoms with Gasteiger partial charge in [-0.3, -0.25) is 19.1 Å². The van der Waals surface area contributed by atoms with Crippen LogP contribution in [0.4, 0.5) is 8.78 Å². The van der Waals surface area contributed by atoms with Crippen molar-refractivity contribution >= 4 is 11.8 Å². The van der Waals surface area contributed by atoms with E-state index in [0.717, 1.165) is 16.9 Å². The molecule has 3 N–H and O–H groups in total. The minimum absolute atomic E-state index is 0.0140. The predicted octanol–water partition coefficient (Wildman–Crippen LogP) is 0.408. The van der Waals surface area contributed by atoms with Crippen LogP contribution in [-0.2, 0) is 11.3 Å². The van der Waals surface area contributed by atoms with E-state index in [1.807, 2.05) is 0 Å². The lowest BCUT2D eigenvalue weighted by Gasteiger charge is -2.24. The van der Waals surface area contributed by atoms with E-state index in [4.69, 9.17) is 4.74 Å². The Labute approximate surface area is 169 Å². The minimum atomic E-state index is -1.05. The number of nitrogens with zero attached hydrogens (tertiary/aromatic N) is 2. The number of ether oxygens (including phenoxy) is 1. The fourth-order valence-corrected chi connectivity index (χ4v) is 2.85. The largest absolute Gasteiger partial charge is 0.502 e. The van der Waals surface area contributed by atoms with E-state index >= 15 is 0 Å². The highest BCUT2D eigenvalue weighted by atomic mass is 19.1. The zero-order valence-electron chi connectivity index (χ0n) is 16.1. The zero-order chi connectivity index (χ0) is 21.8. The molecule has 160 valence electrons. The number of benzene rings is 1. The van der Waals surface area contributed by atoms with E-state index < -0.39 is 40.2 Å². The third-order valence-electron chi connectivity index (χ3n) is 4.53. The summed E-state index contributed by atoms with van der Waals surface area (Å²) in [6.45, 7) is 0.761. The molecular weight excluding hydrogens is 402 g/mol. The molecule has 0 saturated heterocycles. The van der Waals surface area contributed by atoms with Crippen LogP contribution in [0, 0.1) is 11.6 Å². The molecule has 11 heteroatoms. The molecule has 0 aliphatic carbocycles. The number of nitrogens with one attached hydrogen (secondary N) is 2. The first kappa shape index (κ1) is 21.2. The maximum absolute atomic E-state index is 13.7. The van der Waals surface area contributed by atoms with Crippen LogP contribution < -0.4 is 16.2 Å². The number of carbonyl (C=O) groups excluding carboxylic acids is 2.